The van der Waals surface area contributed by atoms with Crippen LogP contribution in [0.5, 0.6) is 0 Å². The summed E-state index contributed by atoms with van der Waals surface area (Å²) < 4.78 is 13.5. The van der Waals surface area contributed by atoms with Gasteiger partial charge in [-0.05, 0) is 17.7 Å². The molecule has 0 fully saturated rings. The van der Waals surface area contributed by atoms with Gasteiger partial charge in [-0.1, -0.05) is 36.4 Å². The number of para-hydroxylation sites is 1. The zero-order chi connectivity index (χ0) is 15.4. The molecular formula is C14H11FN2O4. The number of nitrogens with zero attached hydrogens (tertiary/aromatic N) is 1. The number of carboxylic acid groups (broad SMARTS) is 1. The molecule has 0 radical (unpaired) electrons. The zero-order valence-corrected chi connectivity index (χ0v) is 10.7. The van der Waals surface area contributed by atoms with Gasteiger partial charge in [-0.3, -0.25) is 10.1 Å². The molecule has 0 saturated heterocycles. The van der Waals surface area contributed by atoms with E-state index in [-0.39, 0.29) is 5.69 Å². The van der Waals surface area contributed by atoms with Crippen LogP contribution < -0.4 is 5.32 Å². The van der Waals surface area contributed by atoms with Gasteiger partial charge in [0.05, 0.1) is 4.92 Å². The van der Waals surface area contributed by atoms with Gasteiger partial charge in [0.15, 0.2) is 6.04 Å². The van der Waals surface area contributed by atoms with Crippen molar-refractivity contribution in [2.24, 2.45) is 0 Å². The predicted molar refractivity (Wildman–Crippen MR) is 73.5 cm³/mol. The monoisotopic (exact) mass is 290 g/mol. The van der Waals surface area contributed by atoms with Gasteiger partial charge in [0, 0.05) is 0 Å². The molecule has 108 valence electrons. The molecule has 0 saturated carbocycles. The summed E-state index contributed by atoms with van der Waals surface area (Å²) in [5.41, 5.74) is -0.556. The Hall–Kier alpha value is -2.96. The highest BCUT2D eigenvalue weighted by Gasteiger charge is 2.25. The zero-order valence-electron chi connectivity index (χ0n) is 10.7. The number of aliphatic carboxylic acids is 1. The van der Waals surface area contributed by atoms with Gasteiger partial charge >= 0.3 is 11.7 Å². The average molecular weight is 290 g/mol. The molecule has 0 aromatic heterocycles. The molecule has 1 unspecified atom stereocenters. The molecule has 2 aromatic carbocycles. The first kappa shape index (κ1) is 14.4. The number of nitro groups is 1. The molecule has 0 aliphatic carbocycles. The second-order valence-corrected chi connectivity index (χ2v) is 4.22. The molecule has 2 N–H and O–H groups in total. The molecule has 0 amide bonds. The van der Waals surface area contributed by atoms with Crippen molar-refractivity contribution in [1.82, 2.24) is 0 Å². The number of hydrogen-bond donors (Lipinski definition) is 2. The lowest BCUT2D eigenvalue weighted by atomic mass is 10.1. The van der Waals surface area contributed by atoms with Crippen LogP contribution in [0.2, 0.25) is 0 Å². The summed E-state index contributed by atoms with van der Waals surface area (Å²) in [4.78, 5) is 21.4. The SMILES string of the molecule is O=C(O)C(Nc1cccc(F)c1[N+](=O)[O-])c1ccccc1. The van der Waals surface area contributed by atoms with Gasteiger partial charge in [0.2, 0.25) is 5.82 Å². The van der Waals surface area contributed by atoms with Crippen molar-refractivity contribution >= 4 is 17.3 Å². The molecule has 0 aliphatic heterocycles. The Morgan fingerprint density at radius 2 is 1.86 bits per heavy atom. The summed E-state index contributed by atoms with van der Waals surface area (Å²) in [6.07, 6.45) is 0. The van der Waals surface area contributed by atoms with Gasteiger partial charge in [-0.2, -0.15) is 4.39 Å². The molecule has 0 heterocycles. The van der Waals surface area contributed by atoms with Gasteiger partial charge < -0.3 is 10.4 Å². The van der Waals surface area contributed by atoms with E-state index in [1.165, 1.54) is 12.1 Å². The molecule has 21 heavy (non-hydrogen) atoms. The van der Waals surface area contributed by atoms with Crippen LogP contribution in [0.3, 0.4) is 0 Å². The highest BCUT2D eigenvalue weighted by molar-refractivity contribution is 5.80. The first-order valence-corrected chi connectivity index (χ1v) is 5.98. The molecule has 0 bridgehead atoms. The third kappa shape index (κ3) is 3.14. The summed E-state index contributed by atoms with van der Waals surface area (Å²) >= 11 is 0. The van der Waals surface area contributed by atoms with E-state index >= 15 is 0 Å². The first-order valence-electron chi connectivity index (χ1n) is 5.98. The van der Waals surface area contributed by atoms with Crippen LogP contribution in [0.4, 0.5) is 15.8 Å². The maximum absolute atomic E-state index is 13.5. The second-order valence-electron chi connectivity index (χ2n) is 4.22. The van der Waals surface area contributed by atoms with Crippen LogP contribution in [0, 0.1) is 15.9 Å². The largest absolute Gasteiger partial charge is 0.479 e. The topological polar surface area (TPSA) is 92.5 Å². The third-order valence-corrected chi connectivity index (χ3v) is 2.85. The maximum atomic E-state index is 13.5. The standard InChI is InChI=1S/C14H11FN2O4/c15-10-7-4-8-11(13(10)17(20)21)16-12(14(18)19)9-5-2-1-3-6-9/h1-8,12,16H,(H,18,19). The second kappa shape index (κ2) is 6.00. The van der Waals surface area contributed by atoms with Crippen molar-refractivity contribution in [3.05, 3.63) is 70.0 Å². The number of anilines is 1. The Balaban J connectivity index is 2.41. The van der Waals surface area contributed by atoms with E-state index in [0.717, 1.165) is 6.07 Å². The molecule has 0 aliphatic rings. The van der Waals surface area contributed by atoms with Gasteiger partial charge in [0.1, 0.15) is 5.69 Å². The van der Waals surface area contributed by atoms with E-state index < -0.39 is 28.4 Å². The Labute approximate surface area is 119 Å². The molecular weight excluding hydrogens is 279 g/mol. The lowest BCUT2D eigenvalue weighted by molar-refractivity contribution is -0.386. The van der Waals surface area contributed by atoms with E-state index in [9.17, 15) is 24.4 Å². The van der Waals surface area contributed by atoms with Crippen LogP contribution in [-0.4, -0.2) is 16.0 Å². The summed E-state index contributed by atoms with van der Waals surface area (Å²) in [5, 5.41) is 22.7. The van der Waals surface area contributed by atoms with Crippen molar-refractivity contribution in [3.8, 4) is 0 Å². The summed E-state index contributed by atoms with van der Waals surface area (Å²) in [5.74, 6) is -2.25. The van der Waals surface area contributed by atoms with Crippen molar-refractivity contribution < 1.29 is 19.2 Å². The van der Waals surface area contributed by atoms with E-state index in [0.29, 0.717) is 5.56 Å². The van der Waals surface area contributed by atoms with Crippen LogP contribution in [0.15, 0.2) is 48.5 Å². The fourth-order valence-electron chi connectivity index (χ4n) is 1.91. The van der Waals surface area contributed by atoms with Crippen LogP contribution in [0.25, 0.3) is 0 Å². The van der Waals surface area contributed by atoms with E-state index in [1.54, 1.807) is 30.3 Å². The number of halogens is 1. The van der Waals surface area contributed by atoms with E-state index in [2.05, 4.69) is 5.32 Å². The first-order chi connectivity index (χ1) is 10.0. The number of rotatable bonds is 5. The van der Waals surface area contributed by atoms with Crippen LogP contribution in [0.1, 0.15) is 11.6 Å². The van der Waals surface area contributed by atoms with Gasteiger partial charge in [0.25, 0.3) is 0 Å². The van der Waals surface area contributed by atoms with Gasteiger partial charge in [-0.15, -0.1) is 0 Å². The summed E-state index contributed by atoms with van der Waals surface area (Å²) in [6, 6.07) is 10.4. The Morgan fingerprint density at radius 1 is 1.19 bits per heavy atom. The van der Waals surface area contributed by atoms with E-state index in [1.807, 2.05) is 0 Å². The smallest absolute Gasteiger partial charge is 0.330 e. The predicted octanol–water partition coefficient (Wildman–Crippen LogP) is 2.97. The van der Waals surface area contributed by atoms with Crippen LogP contribution in [-0.2, 0) is 4.79 Å². The number of nitrogens with one attached hydrogen (secondary N) is 1. The number of hydrogen-bond acceptors (Lipinski definition) is 4. The lowest BCUT2D eigenvalue weighted by Crippen LogP contribution is -2.21. The molecule has 6 nitrogen and oxygen atoms in total. The van der Waals surface area contributed by atoms with Crippen molar-refractivity contribution in [2.45, 2.75) is 6.04 Å². The highest BCUT2D eigenvalue weighted by Crippen LogP contribution is 2.30. The van der Waals surface area contributed by atoms with Gasteiger partial charge in [-0.25, -0.2) is 4.79 Å². The number of nitro benzene ring substituents is 1. The van der Waals surface area contributed by atoms with Crippen molar-refractivity contribution in [1.29, 1.82) is 0 Å². The molecule has 0 spiro atoms. The molecule has 7 heteroatoms. The Morgan fingerprint density at radius 3 is 2.43 bits per heavy atom. The lowest BCUT2D eigenvalue weighted by Gasteiger charge is -2.16. The third-order valence-electron chi connectivity index (χ3n) is 2.85. The molecule has 2 rings (SSSR count). The minimum atomic E-state index is -1.22. The minimum absolute atomic E-state index is 0.184. The Bertz CT molecular complexity index is 676. The normalized spacial score (nSPS) is 11.7. The molecule has 2 aromatic rings. The fraction of sp³-hybridized carbons (Fsp3) is 0.0714. The van der Waals surface area contributed by atoms with E-state index in [4.69, 9.17) is 0 Å². The van der Waals surface area contributed by atoms with Crippen LogP contribution >= 0.6 is 0 Å². The number of carbonyl (C=O) groups is 1. The minimum Gasteiger partial charge on any atom is -0.479 e. The van der Waals surface area contributed by atoms with Crippen molar-refractivity contribution in [3.63, 3.8) is 0 Å². The molecule has 1 atom stereocenters. The summed E-state index contributed by atoms with van der Waals surface area (Å²) in [6.45, 7) is 0. The fourth-order valence-corrected chi connectivity index (χ4v) is 1.91. The number of benzene rings is 2. The Kier molecular flexibility index (Phi) is 4.13. The quantitative estimate of drug-likeness (QED) is 0.652. The highest BCUT2D eigenvalue weighted by atomic mass is 19.1. The maximum Gasteiger partial charge on any atom is 0.330 e. The van der Waals surface area contributed by atoms with Crippen molar-refractivity contribution in [2.75, 3.05) is 5.32 Å². The number of carboxylic acids is 1. The summed E-state index contributed by atoms with van der Waals surface area (Å²) in [7, 11) is 0. The average Bonchev–Trinajstić information content (AvgIpc) is 2.45.